The van der Waals surface area contributed by atoms with Gasteiger partial charge in [0.1, 0.15) is 0 Å². The van der Waals surface area contributed by atoms with Crippen molar-refractivity contribution in [2.24, 2.45) is 0 Å². The van der Waals surface area contributed by atoms with Gasteiger partial charge in [0.15, 0.2) is 5.13 Å². The average Bonchev–Trinajstić information content (AvgIpc) is 3.32. The fourth-order valence-corrected chi connectivity index (χ4v) is 4.33. The molecule has 0 bridgehead atoms. The molecule has 0 saturated carbocycles. The van der Waals surface area contributed by atoms with E-state index in [1.54, 1.807) is 12.1 Å². The summed E-state index contributed by atoms with van der Waals surface area (Å²) in [4.78, 5) is 23.9. The Morgan fingerprint density at radius 2 is 2.11 bits per heavy atom. The highest BCUT2D eigenvalue weighted by Crippen LogP contribution is 2.34. The van der Waals surface area contributed by atoms with Gasteiger partial charge in [0.25, 0.3) is 5.91 Å². The fourth-order valence-electron chi connectivity index (χ4n) is 3.32. The molecule has 1 saturated heterocycles. The summed E-state index contributed by atoms with van der Waals surface area (Å²) in [6.07, 6.45) is 4.06. The van der Waals surface area contributed by atoms with Crippen molar-refractivity contribution >= 4 is 38.3 Å². The normalized spacial score (nSPS) is 17.1. The number of nitrogens with one attached hydrogen (secondary N) is 1. The number of benzene rings is 1. The Bertz CT molecular complexity index is 913. The number of halogens is 1. The van der Waals surface area contributed by atoms with Gasteiger partial charge in [-0.1, -0.05) is 22.0 Å². The molecule has 1 N–H and O–H groups in total. The minimum atomic E-state index is -0.139. The number of pyridine rings is 1. The molecular weight excluding hydrogens is 424 g/mol. The Morgan fingerprint density at radius 3 is 2.89 bits per heavy atom. The van der Waals surface area contributed by atoms with Gasteiger partial charge >= 0.3 is 0 Å². The van der Waals surface area contributed by atoms with Gasteiger partial charge in [0.05, 0.1) is 17.4 Å². The molecule has 4 rings (SSSR count). The van der Waals surface area contributed by atoms with E-state index in [0.29, 0.717) is 10.7 Å². The van der Waals surface area contributed by atoms with E-state index in [9.17, 15) is 4.79 Å². The van der Waals surface area contributed by atoms with Crippen LogP contribution in [0.5, 0.6) is 0 Å². The molecule has 3 heterocycles. The van der Waals surface area contributed by atoms with Gasteiger partial charge in [0, 0.05) is 28.2 Å². The Balaban J connectivity index is 1.43. The highest BCUT2D eigenvalue weighted by atomic mass is 79.9. The van der Waals surface area contributed by atoms with Crippen LogP contribution < -0.4 is 5.32 Å². The molecule has 5 nitrogen and oxygen atoms in total. The van der Waals surface area contributed by atoms with Gasteiger partial charge in [0.2, 0.25) is 0 Å². The third kappa shape index (κ3) is 4.43. The van der Waals surface area contributed by atoms with Crippen LogP contribution in [-0.4, -0.2) is 27.3 Å². The Morgan fingerprint density at radius 1 is 1.26 bits per heavy atom. The van der Waals surface area contributed by atoms with Gasteiger partial charge in [-0.2, -0.15) is 0 Å². The number of carbonyl (C=O) groups excluding carboxylic acids is 1. The van der Waals surface area contributed by atoms with Crippen LogP contribution in [-0.2, 0) is 6.54 Å². The first-order valence-corrected chi connectivity index (χ1v) is 10.5. The molecule has 0 aliphatic carbocycles. The topological polar surface area (TPSA) is 58.1 Å². The number of rotatable bonds is 5. The van der Waals surface area contributed by atoms with Gasteiger partial charge in [-0.15, -0.1) is 11.3 Å². The van der Waals surface area contributed by atoms with E-state index in [1.165, 1.54) is 11.3 Å². The third-order valence-electron chi connectivity index (χ3n) is 4.65. The second-order valence-electron chi connectivity index (χ2n) is 6.49. The molecule has 0 radical (unpaired) electrons. The van der Waals surface area contributed by atoms with Crippen molar-refractivity contribution in [1.82, 2.24) is 14.9 Å². The lowest BCUT2D eigenvalue weighted by atomic mass is 10.1. The van der Waals surface area contributed by atoms with Gasteiger partial charge in [-0.3, -0.25) is 20.0 Å². The number of aromatic nitrogens is 2. The number of amides is 1. The first kappa shape index (κ1) is 18.3. The number of anilines is 1. The van der Waals surface area contributed by atoms with Crippen LogP contribution in [0.3, 0.4) is 0 Å². The summed E-state index contributed by atoms with van der Waals surface area (Å²) in [5.41, 5.74) is 2.72. The fraction of sp³-hybridized carbons (Fsp3) is 0.250. The predicted octanol–water partition coefficient (Wildman–Crippen LogP) is 4.89. The average molecular weight is 443 g/mol. The number of carbonyl (C=O) groups is 1. The van der Waals surface area contributed by atoms with Crippen LogP contribution in [0.1, 0.15) is 40.6 Å². The van der Waals surface area contributed by atoms with Crippen molar-refractivity contribution in [1.29, 1.82) is 0 Å². The largest absolute Gasteiger partial charge is 0.298 e. The molecule has 1 aliphatic rings. The number of likely N-dealkylation sites (tertiary alicyclic amines) is 1. The van der Waals surface area contributed by atoms with Gasteiger partial charge < -0.3 is 0 Å². The van der Waals surface area contributed by atoms with E-state index < -0.39 is 0 Å². The Kier molecular flexibility index (Phi) is 5.61. The molecule has 1 amide bonds. The first-order valence-electron chi connectivity index (χ1n) is 8.85. The molecule has 2 aromatic heterocycles. The lowest BCUT2D eigenvalue weighted by Crippen LogP contribution is -2.23. The number of hydrogen-bond donors (Lipinski definition) is 1. The lowest BCUT2D eigenvalue weighted by Gasteiger charge is -2.22. The molecular formula is C20H19BrN4OS. The molecule has 3 aromatic rings. The van der Waals surface area contributed by atoms with Crippen molar-refractivity contribution in [3.63, 3.8) is 0 Å². The second kappa shape index (κ2) is 8.29. The van der Waals surface area contributed by atoms with Crippen LogP contribution in [0.15, 0.2) is 58.5 Å². The molecule has 1 unspecified atom stereocenters. The summed E-state index contributed by atoms with van der Waals surface area (Å²) < 4.78 is 0.949. The quantitative estimate of drug-likeness (QED) is 0.610. The smallest absolute Gasteiger partial charge is 0.257 e. The summed E-state index contributed by atoms with van der Waals surface area (Å²) in [5.74, 6) is -0.139. The molecule has 27 heavy (non-hydrogen) atoms. The molecule has 7 heteroatoms. The minimum absolute atomic E-state index is 0.139. The summed E-state index contributed by atoms with van der Waals surface area (Å²) in [7, 11) is 0. The van der Waals surface area contributed by atoms with Crippen LogP contribution in [0.25, 0.3) is 0 Å². The van der Waals surface area contributed by atoms with E-state index >= 15 is 0 Å². The van der Waals surface area contributed by atoms with Crippen molar-refractivity contribution in [2.75, 3.05) is 11.9 Å². The maximum absolute atomic E-state index is 12.4. The van der Waals surface area contributed by atoms with E-state index in [-0.39, 0.29) is 11.9 Å². The summed E-state index contributed by atoms with van der Waals surface area (Å²) in [6, 6.07) is 13.6. The van der Waals surface area contributed by atoms with E-state index in [1.807, 2.05) is 30.5 Å². The SMILES string of the molecule is O=C(Nc1nc(C2CCCN2Cc2ccccn2)cs1)c1ccc(Br)cc1. The van der Waals surface area contributed by atoms with Crippen LogP contribution >= 0.6 is 27.3 Å². The number of thiazole rings is 1. The standard InChI is InChI=1S/C20H19BrN4OS/c21-15-8-6-14(7-9-15)19(26)24-20-23-17(13-27-20)18-5-3-11-25(18)12-16-4-1-2-10-22-16/h1-2,4,6-10,13,18H,3,5,11-12H2,(H,23,24,26). The maximum Gasteiger partial charge on any atom is 0.257 e. The lowest BCUT2D eigenvalue weighted by molar-refractivity contribution is 0.102. The third-order valence-corrected chi connectivity index (χ3v) is 5.95. The Hall–Kier alpha value is -2.09. The molecule has 1 aromatic carbocycles. The molecule has 0 spiro atoms. The molecule has 1 fully saturated rings. The molecule has 138 valence electrons. The first-order chi connectivity index (χ1) is 13.2. The second-order valence-corrected chi connectivity index (χ2v) is 8.26. The van der Waals surface area contributed by atoms with Crippen molar-refractivity contribution in [2.45, 2.75) is 25.4 Å². The van der Waals surface area contributed by atoms with E-state index in [0.717, 1.165) is 41.8 Å². The van der Waals surface area contributed by atoms with Gasteiger partial charge in [-0.05, 0) is 55.8 Å². The zero-order chi connectivity index (χ0) is 18.6. The summed E-state index contributed by atoms with van der Waals surface area (Å²) in [6.45, 7) is 1.86. The predicted molar refractivity (Wildman–Crippen MR) is 111 cm³/mol. The van der Waals surface area contributed by atoms with Crippen molar-refractivity contribution in [3.8, 4) is 0 Å². The van der Waals surface area contributed by atoms with Crippen LogP contribution in [0.2, 0.25) is 0 Å². The molecule has 1 aliphatic heterocycles. The Labute approximate surface area is 170 Å². The van der Waals surface area contributed by atoms with E-state index in [2.05, 4.69) is 47.6 Å². The zero-order valence-electron chi connectivity index (χ0n) is 14.6. The van der Waals surface area contributed by atoms with Gasteiger partial charge in [-0.25, -0.2) is 4.98 Å². The zero-order valence-corrected chi connectivity index (χ0v) is 17.0. The highest BCUT2D eigenvalue weighted by Gasteiger charge is 2.28. The number of hydrogen-bond acceptors (Lipinski definition) is 5. The monoisotopic (exact) mass is 442 g/mol. The van der Waals surface area contributed by atoms with E-state index in [4.69, 9.17) is 0 Å². The van der Waals surface area contributed by atoms with Crippen molar-refractivity contribution in [3.05, 3.63) is 75.5 Å². The van der Waals surface area contributed by atoms with Crippen LogP contribution in [0.4, 0.5) is 5.13 Å². The number of nitrogens with zero attached hydrogens (tertiary/aromatic N) is 3. The van der Waals surface area contributed by atoms with Crippen LogP contribution in [0, 0.1) is 0 Å². The summed E-state index contributed by atoms with van der Waals surface area (Å²) in [5, 5.41) is 5.60. The highest BCUT2D eigenvalue weighted by molar-refractivity contribution is 9.10. The minimum Gasteiger partial charge on any atom is -0.298 e. The maximum atomic E-state index is 12.4. The summed E-state index contributed by atoms with van der Waals surface area (Å²) >= 11 is 4.86. The molecule has 1 atom stereocenters. The van der Waals surface area contributed by atoms with Crippen molar-refractivity contribution < 1.29 is 4.79 Å².